The number of aromatic nitrogens is 6. The summed E-state index contributed by atoms with van der Waals surface area (Å²) in [5.41, 5.74) is 8.37. The fourth-order valence-electron chi connectivity index (χ4n) is 7.08. The van der Waals surface area contributed by atoms with Gasteiger partial charge in [0.05, 0.1) is 34.0 Å². The van der Waals surface area contributed by atoms with E-state index in [1.54, 1.807) is 6.20 Å². The normalized spacial score (nSPS) is 12.5. The molecule has 1 unspecified atom stereocenters. The Balaban J connectivity index is 1.28. The third-order valence-electron chi connectivity index (χ3n) is 9.64. The number of nitrogens with one attached hydrogen (secondary N) is 2. The predicted octanol–water partition coefficient (Wildman–Crippen LogP) is 8.38. The minimum atomic E-state index is -0.616. The second-order valence-corrected chi connectivity index (χ2v) is 12.4. The summed E-state index contributed by atoms with van der Waals surface area (Å²) in [6.45, 7) is 4.50. The van der Waals surface area contributed by atoms with E-state index in [2.05, 4.69) is 140 Å². The van der Waals surface area contributed by atoms with Crippen LogP contribution in [-0.4, -0.2) is 29.1 Å². The Labute approximate surface area is 274 Å². The third kappa shape index (κ3) is 4.23. The van der Waals surface area contributed by atoms with Crippen LogP contribution < -0.4 is 11.2 Å². The van der Waals surface area contributed by atoms with Gasteiger partial charge in [-0.2, -0.15) is 0 Å². The fourth-order valence-corrected chi connectivity index (χ4v) is 7.08. The molecule has 0 saturated heterocycles. The molecule has 2 N–H and O–H groups in total. The minimum absolute atomic E-state index is 0.0908. The van der Waals surface area contributed by atoms with Crippen molar-refractivity contribution in [2.75, 3.05) is 0 Å². The lowest BCUT2D eigenvalue weighted by Gasteiger charge is -2.12. The van der Waals surface area contributed by atoms with Crippen molar-refractivity contribution in [2.45, 2.75) is 26.2 Å². The molecular weight excluding hydrogens is 596 g/mol. The first-order valence-electron chi connectivity index (χ1n) is 16.2. The summed E-state index contributed by atoms with van der Waals surface area (Å²) in [5, 5.41) is 4.83. The standard InChI is InChI=1S/C40H30N6O2/c1-3-23(2)24-15-17-35-30(20-24)31-21-27(46-33-13-6-4-11-28(33)29-12-5-7-14-34(29)46)16-18-36(31)45(35)26-10-8-9-25(19-26)32-22-41-37-38(42-32)43-40(48)44-39(37)47/h4-23H,3H2,1-2H3,(H2,42,43,44,47,48). The van der Waals surface area contributed by atoms with Crippen LogP contribution in [0.2, 0.25) is 0 Å². The molecule has 0 radical (unpaired) electrons. The molecule has 1 atom stereocenters. The van der Waals surface area contributed by atoms with Gasteiger partial charge in [-0.25, -0.2) is 14.8 Å². The minimum Gasteiger partial charge on any atom is -0.309 e. The van der Waals surface area contributed by atoms with Crippen molar-refractivity contribution in [1.82, 2.24) is 29.1 Å². The SMILES string of the molecule is CCC(C)c1ccc2c(c1)c1cc(-n3c4ccccc4c4ccccc43)ccc1n2-c1cccc(-c2cnc3c(=O)[nH]c(=O)[nH]c3n2)c1. The summed E-state index contributed by atoms with van der Waals surface area (Å²) in [5.74, 6) is 0.432. The van der Waals surface area contributed by atoms with E-state index in [9.17, 15) is 9.59 Å². The summed E-state index contributed by atoms with van der Waals surface area (Å²) in [6.07, 6.45) is 2.63. The second kappa shape index (κ2) is 10.6. The lowest BCUT2D eigenvalue weighted by atomic mass is 9.97. The quantitative estimate of drug-likeness (QED) is 0.200. The molecule has 5 aromatic carbocycles. The number of para-hydroxylation sites is 2. The van der Waals surface area contributed by atoms with Crippen LogP contribution in [0.15, 0.2) is 125 Å². The number of fused-ring (bicyclic) bond motifs is 7. The van der Waals surface area contributed by atoms with E-state index in [4.69, 9.17) is 0 Å². The van der Waals surface area contributed by atoms with Gasteiger partial charge < -0.3 is 9.13 Å². The first-order chi connectivity index (χ1) is 23.5. The average molecular weight is 627 g/mol. The van der Waals surface area contributed by atoms with Gasteiger partial charge in [0.15, 0.2) is 11.2 Å². The van der Waals surface area contributed by atoms with Crippen molar-refractivity contribution < 1.29 is 0 Å². The predicted molar refractivity (Wildman–Crippen MR) is 194 cm³/mol. The zero-order valence-corrected chi connectivity index (χ0v) is 26.4. The summed E-state index contributed by atoms with van der Waals surface area (Å²) >= 11 is 0. The van der Waals surface area contributed by atoms with Crippen LogP contribution in [-0.2, 0) is 0 Å². The van der Waals surface area contributed by atoms with E-state index in [1.807, 2.05) is 12.1 Å². The summed E-state index contributed by atoms with van der Waals surface area (Å²) in [4.78, 5) is 37.9. The maximum atomic E-state index is 12.2. The highest BCUT2D eigenvalue weighted by molar-refractivity contribution is 6.12. The van der Waals surface area contributed by atoms with E-state index in [1.165, 1.54) is 38.1 Å². The number of hydrogen-bond acceptors (Lipinski definition) is 4. The average Bonchev–Trinajstić information content (AvgIpc) is 3.63. The molecule has 0 aliphatic rings. The Kier molecular flexibility index (Phi) is 6.20. The number of rotatable bonds is 5. The first-order valence-corrected chi connectivity index (χ1v) is 16.2. The molecular formula is C40H30N6O2. The van der Waals surface area contributed by atoms with Crippen LogP contribution in [0.25, 0.3) is 77.4 Å². The molecule has 0 fully saturated rings. The van der Waals surface area contributed by atoms with Gasteiger partial charge in [0.1, 0.15) is 0 Å². The number of benzene rings is 5. The zero-order chi connectivity index (χ0) is 32.5. The van der Waals surface area contributed by atoms with Crippen LogP contribution in [0.3, 0.4) is 0 Å². The van der Waals surface area contributed by atoms with Crippen molar-refractivity contribution in [2.24, 2.45) is 0 Å². The molecule has 0 aliphatic heterocycles. The molecule has 0 amide bonds. The van der Waals surface area contributed by atoms with E-state index >= 15 is 0 Å². The topological polar surface area (TPSA) is 101 Å². The molecule has 0 bridgehead atoms. The van der Waals surface area contributed by atoms with Gasteiger partial charge >= 0.3 is 5.69 Å². The summed E-state index contributed by atoms with van der Waals surface area (Å²) < 4.78 is 4.66. The Morgan fingerprint density at radius 2 is 1.31 bits per heavy atom. The maximum Gasteiger partial charge on any atom is 0.327 e. The Hall–Kier alpha value is -6.28. The second-order valence-electron chi connectivity index (χ2n) is 12.4. The van der Waals surface area contributed by atoms with E-state index in [0.29, 0.717) is 11.6 Å². The van der Waals surface area contributed by atoms with E-state index in [0.717, 1.165) is 34.4 Å². The van der Waals surface area contributed by atoms with Crippen LogP contribution in [0.5, 0.6) is 0 Å². The molecule has 9 aromatic rings. The van der Waals surface area contributed by atoms with Crippen molar-refractivity contribution in [3.63, 3.8) is 0 Å². The van der Waals surface area contributed by atoms with E-state index in [-0.39, 0.29) is 11.2 Å². The van der Waals surface area contributed by atoms with Crippen LogP contribution >= 0.6 is 0 Å². The lowest BCUT2D eigenvalue weighted by molar-refractivity contribution is 0.735. The Bertz CT molecular complexity index is 2800. The fraction of sp³-hybridized carbons (Fsp3) is 0.100. The van der Waals surface area contributed by atoms with Crippen LogP contribution in [0, 0.1) is 0 Å². The zero-order valence-electron chi connectivity index (χ0n) is 26.4. The van der Waals surface area contributed by atoms with Crippen LogP contribution in [0.1, 0.15) is 31.7 Å². The van der Waals surface area contributed by atoms with Gasteiger partial charge in [0.2, 0.25) is 0 Å². The molecule has 232 valence electrons. The van der Waals surface area contributed by atoms with Gasteiger partial charge in [-0.3, -0.25) is 14.8 Å². The Morgan fingerprint density at radius 1 is 0.667 bits per heavy atom. The number of H-pyrrole nitrogens is 2. The number of nitrogens with zero attached hydrogens (tertiary/aromatic N) is 4. The highest BCUT2D eigenvalue weighted by Gasteiger charge is 2.18. The third-order valence-corrected chi connectivity index (χ3v) is 9.64. The highest BCUT2D eigenvalue weighted by Crippen LogP contribution is 2.38. The highest BCUT2D eigenvalue weighted by atomic mass is 16.2. The molecule has 0 spiro atoms. The van der Waals surface area contributed by atoms with Gasteiger partial charge in [-0.1, -0.05) is 68.4 Å². The molecule has 48 heavy (non-hydrogen) atoms. The van der Waals surface area contributed by atoms with Crippen molar-refractivity contribution in [1.29, 1.82) is 0 Å². The number of aromatic amines is 2. The van der Waals surface area contributed by atoms with Gasteiger partial charge in [0.25, 0.3) is 5.56 Å². The van der Waals surface area contributed by atoms with Crippen molar-refractivity contribution in [3.8, 4) is 22.6 Å². The van der Waals surface area contributed by atoms with Gasteiger partial charge in [0, 0.05) is 38.5 Å². The van der Waals surface area contributed by atoms with Gasteiger partial charge in [-0.05, 0) is 72.5 Å². The van der Waals surface area contributed by atoms with E-state index < -0.39 is 11.2 Å². The maximum absolute atomic E-state index is 12.2. The molecule has 4 heterocycles. The largest absolute Gasteiger partial charge is 0.327 e. The summed E-state index contributed by atoms with van der Waals surface area (Å²) in [7, 11) is 0. The molecule has 8 nitrogen and oxygen atoms in total. The molecule has 4 aromatic heterocycles. The Morgan fingerprint density at radius 3 is 2.04 bits per heavy atom. The van der Waals surface area contributed by atoms with Gasteiger partial charge in [-0.15, -0.1) is 0 Å². The molecule has 0 saturated carbocycles. The molecule has 0 aliphatic carbocycles. The molecule has 8 heteroatoms. The number of hydrogen-bond donors (Lipinski definition) is 2. The van der Waals surface area contributed by atoms with Crippen LogP contribution in [0.4, 0.5) is 0 Å². The lowest BCUT2D eigenvalue weighted by Crippen LogP contribution is -2.23. The van der Waals surface area contributed by atoms with Crippen molar-refractivity contribution >= 4 is 54.8 Å². The van der Waals surface area contributed by atoms with Crippen molar-refractivity contribution in [3.05, 3.63) is 142 Å². The monoisotopic (exact) mass is 626 g/mol. The summed E-state index contributed by atoms with van der Waals surface area (Å²) in [6, 6.07) is 38.9. The first kappa shape index (κ1) is 28.0. The molecule has 9 rings (SSSR count). The smallest absolute Gasteiger partial charge is 0.309 e.